The number of nitrogens with one attached hydrogen (secondary N) is 2. The highest BCUT2D eigenvalue weighted by Crippen LogP contribution is 2.21. The van der Waals surface area contributed by atoms with Crippen LogP contribution in [0, 0.1) is 0 Å². The molecule has 1 amide bonds. The number of thioether (sulfide) groups is 1. The predicted molar refractivity (Wildman–Crippen MR) is 103 cm³/mol. The average Bonchev–Trinajstić information content (AvgIpc) is 2.96. The molecular formula is C18H26N4OS. The van der Waals surface area contributed by atoms with Crippen molar-refractivity contribution in [3.05, 3.63) is 30.5 Å². The van der Waals surface area contributed by atoms with Crippen LogP contribution in [0.25, 0.3) is 10.9 Å². The van der Waals surface area contributed by atoms with Crippen LogP contribution < -0.4 is 10.6 Å². The van der Waals surface area contributed by atoms with Gasteiger partial charge in [0.1, 0.15) is 0 Å². The van der Waals surface area contributed by atoms with Crippen LogP contribution >= 0.6 is 11.8 Å². The standard InChI is InChI=1S/C18H26N4OS/c1-21(2)8-9-22-7-5-14-3-4-15(11-17(14)22)20-18(23)12-16-13-24-10-6-19-16/h3-5,7,11,16,19H,6,8-10,12-13H2,1-2H3,(H,20,23). The normalized spacial score (nSPS) is 18.2. The summed E-state index contributed by atoms with van der Waals surface area (Å²) < 4.78 is 2.24. The summed E-state index contributed by atoms with van der Waals surface area (Å²) in [4.78, 5) is 14.5. The quantitative estimate of drug-likeness (QED) is 0.842. The Morgan fingerprint density at radius 3 is 3.04 bits per heavy atom. The fraction of sp³-hybridized carbons (Fsp3) is 0.500. The number of nitrogens with zero attached hydrogens (tertiary/aromatic N) is 2. The van der Waals surface area contributed by atoms with E-state index in [0.717, 1.165) is 36.8 Å². The number of benzene rings is 1. The fourth-order valence-electron chi connectivity index (χ4n) is 2.95. The molecule has 130 valence electrons. The molecule has 1 aromatic carbocycles. The first kappa shape index (κ1) is 17.3. The van der Waals surface area contributed by atoms with Gasteiger partial charge in [0.25, 0.3) is 0 Å². The number of anilines is 1. The molecule has 5 nitrogen and oxygen atoms in total. The number of hydrogen-bond donors (Lipinski definition) is 2. The summed E-state index contributed by atoms with van der Waals surface area (Å²) in [6.07, 6.45) is 2.65. The van der Waals surface area contributed by atoms with E-state index < -0.39 is 0 Å². The number of likely N-dealkylation sites (N-methyl/N-ethyl adjacent to an activating group) is 1. The van der Waals surface area contributed by atoms with Crippen molar-refractivity contribution in [1.82, 2.24) is 14.8 Å². The zero-order valence-corrected chi connectivity index (χ0v) is 15.2. The van der Waals surface area contributed by atoms with Crippen molar-refractivity contribution in [1.29, 1.82) is 0 Å². The summed E-state index contributed by atoms with van der Waals surface area (Å²) in [7, 11) is 4.16. The van der Waals surface area contributed by atoms with E-state index in [9.17, 15) is 4.79 Å². The Hall–Kier alpha value is -1.50. The maximum absolute atomic E-state index is 12.3. The molecule has 1 aliphatic heterocycles. The van der Waals surface area contributed by atoms with Crippen LogP contribution in [0.1, 0.15) is 6.42 Å². The molecule has 0 aliphatic carbocycles. The van der Waals surface area contributed by atoms with Crippen molar-refractivity contribution in [2.45, 2.75) is 19.0 Å². The highest BCUT2D eigenvalue weighted by Gasteiger charge is 2.16. The Balaban J connectivity index is 1.65. The SMILES string of the molecule is CN(C)CCn1ccc2ccc(NC(=O)CC3CSCCN3)cc21. The van der Waals surface area contributed by atoms with Gasteiger partial charge in [0.05, 0.1) is 5.52 Å². The topological polar surface area (TPSA) is 49.3 Å². The Kier molecular flexibility index (Phi) is 5.81. The molecule has 2 N–H and O–H groups in total. The molecule has 2 aromatic rings. The van der Waals surface area contributed by atoms with Gasteiger partial charge in [-0.2, -0.15) is 11.8 Å². The van der Waals surface area contributed by atoms with Gasteiger partial charge in [-0.15, -0.1) is 0 Å². The van der Waals surface area contributed by atoms with Gasteiger partial charge in [-0.05, 0) is 37.7 Å². The van der Waals surface area contributed by atoms with Gasteiger partial charge in [0.15, 0.2) is 0 Å². The summed E-state index contributed by atoms with van der Waals surface area (Å²) >= 11 is 1.91. The van der Waals surface area contributed by atoms with E-state index in [1.165, 1.54) is 10.9 Å². The largest absolute Gasteiger partial charge is 0.346 e. The van der Waals surface area contributed by atoms with Gasteiger partial charge >= 0.3 is 0 Å². The summed E-state index contributed by atoms with van der Waals surface area (Å²) in [5, 5.41) is 7.66. The van der Waals surface area contributed by atoms with Gasteiger partial charge in [0.2, 0.25) is 5.91 Å². The number of amides is 1. The fourth-order valence-corrected chi connectivity index (χ4v) is 3.90. The van der Waals surface area contributed by atoms with Crippen LogP contribution in [0.4, 0.5) is 5.69 Å². The summed E-state index contributed by atoms with van der Waals surface area (Å²) in [6.45, 7) is 2.93. The Morgan fingerprint density at radius 1 is 1.42 bits per heavy atom. The lowest BCUT2D eigenvalue weighted by Crippen LogP contribution is -2.39. The molecule has 24 heavy (non-hydrogen) atoms. The molecule has 3 rings (SSSR count). The van der Waals surface area contributed by atoms with Gasteiger partial charge in [-0.1, -0.05) is 6.07 Å². The maximum atomic E-state index is 12.3. The van der Waals surface area contributed by atoms with E-state index in [2.05, 4.69) is 58.6 Å². The highest BCUT2D eigenvalue weighted by atomic mass is 32.2. The third-order valence-corrected chi connectivity index (χ3v) is 5.41. The molecule has 1 unspecified atom stereocenters. The lowest BCUT2D eigenvalue weighted by molar-refractivity contribution is -0.116. The molecule has 0 spiro atoms. The first-order valence-corrected chi connectivity index (χ1v) is 9.62. The van der Waals surface area contributed by atoms with E-state index >= 15 is 0 Å². The minimum atomic E-state index is 0.0840. The van der Waals surface area contributed by atoms with Gasteiger partial charge in [0, 0.05) is 55.5 Å². The third kappa shape index (κ3) is 4.53. The number of hydrogen-bond acceptors (Lipinski definition) is 4. The van der Waals surface area contributed by atoms with E-state index in [-0.39, 0.29) is 11.9 Å². The molecule has 0 bridgehead atoms. The molecule has 1 aromatic heterocycles. The third-order valence-electron chi connectivity index (χ3n) is 4.28. The van der Waals surface area contributed by atoms with Crippen LogP contribution in [0.2, 0.25) is 0 Å². The monoisotopic (exact) mass is 346 g/mol. The molecule has 1 saturated heterocycles. The van der Waals surface area contributed by atoms with Crippen LogP contribution in [0.3, 0.4) is 0 Å². The molecule has 1 atom stereocenters. The molecule has 6 heteroatoms. The molecular weight excluding hydrogens is 320 g/mol. The second kappa shape index (κ2) is 8.05. The first-order chi connectivity index (χ1) is 11.6. The number of fused-ring (bicyclic) bond motifs is 1. The maximum Gasteiger partial charge on any atom is 0.225 e. The van der Waals surface area contributed by atoms with E-state index in [4.69, 9.17) is 0 Å². The van der Waals surface area contributed by atoms with Crippen molar-refractivity contribution in [3.63, 3.8) is 0 Å². The second-order valence-electron chi connectivity index (χ2n) is 6.56. The predicted octanol–water partition coefficient (Wildman–Crippen LogP) is 2.24. The first-order valence-electron chi connectivity index (χ1n) is 8.46. The molecule has 1 fully saturated rings. The summed E-state index contributed by atoms with van der Waals surface area (Å²) in [5.74, 6) is 2.24. The summed E-state index contributed by atoms with van der Waals surface area (Å²) in [6, 6.07) is 8.55. The number of carbonyl (C=O) groups excluding carboxylic acids is 1. The molecule has 0 radical (unpaired) electrons. The number of rotatable bonds is 6. The zero-order valence-electron chi connectivity index (χ0n) is 14.4. The minimum Gasteiger partial charge on any atom is -0.346 e. The average molecular weight is 347 g/mol. The minimum absolute atomic E-state index is 0.0840. The lowest BCUT2D eigenvalue weighted by atomic mass is 10.2. The van der Waals surface area contributed by atoms with Crippen molar-refractivity contribution in [3.8, 4) is 0 Å². The van der Waals surface area contributed by atoms with Crippen LogP contribution in [0.15, 0.2) is 30.5 Å². The van der Waals surface area contributed by atoms with Crippen LogP contribution in [-0.2, 0) is 11.3 Å². The van der Waals surface area contributed by atoms with Crippen molar-refractivity contribution in [2.24, 2.45) is 0 Å². The van der Waals surface area contributed by atoms with Crippen molar-refractivity contribution in [2.75, 3.05) is 44.0 Å². The molecule has 0 saturated carbocycles. The van der Waals surface area contributed by atoms with Crippen molar-refractivity contribution >= 4 is 34.3 Å². The van der Waals surface area contributed by atoms with Gasteiger partial charge in [-0.25, -0.2) is 0 Å². The van der Waals surface area contributed by atoms with Crippen molar-refractivity contribution < 1.29 is 4.79 Å². The lowest BCUT2D eigenvalue weighted by Gasteiger charge is -2.22. The Morgan fingerprint density at radius 2 is 2.29 bits per heavy atom. The summed E-state index contributed by atoms with van der Waals surface area (Å²) in [5.41, 5.74) is 2.04. The van der Waals surface area contributed by atoms with E-state index in [1.807, 2.05) is 17.8 Å². The molecule has 1 aliphatic rings. The highest BCUT2D eigenvalue weighted by molar-refractivity contribution is 7.99. The van der Waals surface area contributed by atoms with Gasteiger partial charge in [-0.3, -0.25) is 4.79 Å². The van der Waals surface area contributed by atoms with Crippen LogP contribution in [0.5, 0.6) is 0 Å². The van der Waals surface area contributed by atoms with Crippen LogP contribution in [-0.4, -0.2) is 60.1 Å². The Bertz CT molecular complexity index is 691. The van der Waals surface area contributed by atoms with Gasteiger partial charge < -0.3 is 20.1 Å². The Labute approximate surface area is 147 Å². The number of carbonyl (C=O) groups is 1. The number of aromatic nitrogens is 1. The van der Waals surface area contributed by atoms with E-state index in [1.54, 1.807) is 0 Å². The molecule has 2 heterocycles. The smallest absolute Gasteiger partial charge is 0.225 e. The zero-order chi connectivity index (χ0) is 16.9. The van der Waals surface area contributed by atoms with E-state index in [0.29, 0.717) is 6.42 Å². The second-order valence-corrected chi connectivity index (χ2v) is 7.71.